The first-order valence-electron chi connectivity index (χ1n) is 9.92. The Bertz CT molecular complexity index is 1310. The normalized spacial score (nSPS) is 10.9. The number of carbonyl (C=O) groups excluding carboxylic acids is 1. The monoisotopic (exact) mass is 417 g/mol. The van der Waals surface area contributed by atoms with E-state index < -0.39 is 0 Å². The second-order valence-corrected chi connectivity index (χ2v) is 7.28. The van der Waals surface area contributed by atoms with E-state index in [2.05, 4.69) is 15.4 Å². The number of amides is 1. The van der Waals surface area contributed by atoms with E-state index in [-0.39, 0.29) is 24.4 Å². The van der Waals surface area contributed by atoms with E-state index in [0.29, 0.717) is 28.3 Å². The Morgan fingerprint density at radius 2 is 1.90 bits per heavy atom. The maximum atomic E-state index is 13.0. The predicted molar refractivity (Wildman–Crippen MR) is 119 cm³/mol. The second-order valence-electron chi connectivity index (χ2n) is 7.28. The Morgan fingerprint density at radius 3 is 2.65 bits per heavy atom. The van der Waals surface area contributed by atoms with Crippen molar-refractivity contribution < 1.29 is 9.53 Å². The van der Waals surface area contributed by atoms with Gasteiger partial charge in [0.2, 0.25) is 5.91 Å². The number of methoxy groups -OCH3 is 1. The van der Waals surface area contributed by atoms with Crippen molar-refractivity contribution in [2.75, 3.05) is 12.4 Å². The molecule has 8 nitrogen and oxygen atoms in total. The molecular weight excluding hydrogens is 394 g/mol. The highest BCUT2D eigenvalue weighted by Crippen LogP contribution is 2.17. The molecule has 2 aromatic heterocycles. The summed E-state index contributed by atoms with van der Waals surface area (Å²) in [5, 5.41) is 7.59. The van der Waals surface area contributed by atoms with Crippen LogP contribution >= 0.6 is 0 Å². The van der Waals surface area contributed by atoms with Gasteiger partial charge in [-0.3, -0.25) is 14.2 Å². The summed E-state index contributed by atoms with van der Waals surface area (Å²) >= 11 is 0. The van der Waals surface area contributed by atoms with Gasteiger partial charge in [-0.1, -0.05) is 23.8 Å². The molecule has 0 unspecified atom stereocenters. The Balaban J connectivity index is 1.55. The van der Waals surface area contributed by atoms with Crippen molar-refractivity contribution in [1.29, 1.82) is 0 Å². The minimum Gasteiger partial charge on any atom is -0.497 e. The third-order valence-electron chi connectivity index (χ3n) is 5.07. The number of hydrogen-bond donors (Lipinski definition) is 1. The largest absolute Gasteiger partial charge is 0.497 e. The number of aromatic nitrogens is 4. The molecule has 0 saturated heterocycles. The van der Waals surface area contributed by atoms with Gasteiger partial charge in [0.15, 0.2) is 5.65 Å². The number of benzene rings is 2. The Kier molecular flexibility index (Phi) is 5.53. The fourth-order valence-electron chi connectivity index (χ4n) is 3.38. The van der Waals surface area contributed by atoms with Crippen LogP contribution in [0.1, 0.15) is 17.8 Å². The minimum atomic E-state index is -0.213. The zero-order valence-electron chi connectivity index (χ0n) is 17.6. The lowest BCUT2D eigenvalue weighted by molar-refractivity contribution is -0.116. The number of hydrogen-bond acceptors (Lipinski definition) is 5. The summed E-state index contributed by atoms with van der Waals surface area (Å²) in [7, 11) is 1.57. The number of aryl methyl sites for hydroxylation is 2. The smallest absolute Gasteiger partial charge is 0.264 e. The average Bonchev–Trinajstić information content (AvgIpc) is 3.18. The van der Waals surface area contributed by atoms with Crippen LogP contribution in [0.2, 0.25) is 0 Å². The molecule has 0 atom stereocenters. The molecular formula is C23H23N5O3. The highest BCUT2D eigenvalue weighted by molar-refractivity contribution is 5.90. The topological polar surface area (TPSA) is 91.0 Å². The molecule has 2 heterocycles. The minimum absolute atomic E-state index is 0.136. The lowest BCUT2D eigenvalue weighted by Gasteiger charge is -2.11. The van der Waals surface area contributed by atoms with Crippen LogP contribution in [0.15, 0.2) is 59.5 Å². The lowest BCUT2D eigenvalue weighted by Crippen LogP contribution is -2.26. The number of rotatable bonds is 6. The Labute approximate surface area is 179 Å². The molecule has 0 saturated carbocycles. The van der Waals surface area contributed by atoms with Gasteiger partial charge in [-0.25, -0.2) is 9.67 Å². The molecule has 1 amide bonds. The Hall–Kier alpha value is -3.94. The lowest BCUT2D eigenvalue weighted by atomic mass is 10.2. The van der Waals surface area contributed by atoms with Gasteiger partial charge in [0, 0.05) is 24.7 Å². The third kappa shape index (κ3) is 4.18. The molecule has 1 N–H and O–H groups in total. The van der Waals surface area contributed by atoms with Gasteiger partial charge in [0.05, 0.1) is 19.0 Å². The Morgan fingerprint density at radius 1 is 1.13 bits per heavy atom. The third-order valence-corrected chi connectivity index (χ3v) is 5.07. The van der Waals surface area contributed by atoms with Crippen molar-refractivity contribution in [2.45, 2.75) is 26.8 Å². The van der Waals surface area contributed by atoms with E-state index in [1.807, 2.05) is 31.2 Å². The molecule has 31 heavy (non-hydrogen) atoms. The molecule has 0 aliphatic carbocycles. The van der Waals surface area contributed by atoms with Gasteiger partial charge in [-0.2, -0.15) is 5.10 Å². The fourth-order valence-corrected chi connectivity index (χ4v) is 3.38. The molecule has 158 valence electrons. The quantitative estimate of drug-likeness (QED) is 0.520. The first-order valence-corrected chi connectivity index (χ1v) is 9.92. The van der Waals surface area contributed by atoms with Crippen LogP contribution in [-0.4, -0.2) is 32.3 Å². The predicted octanol–water partition coefficient (Wildman–Crippen LogP) is 3.24. The van der Waals surface area contributed by atoms with Gasteiger partial charge < -0.3 is 10.1 Å². The van der Waals surface area contributed by atoms with Crippen LogP contribution < -0.4 is 15.6 Å². The number of ether oxygens (including phenoxy) is 1. The molecule has 0 fully saturated rings. The van der Waals surface area contributed by atoms with E-state index >= 15 is 0 Å². The summed E-state index contributed by atoms with van der Waals surface area (Å²) < 4.78 is 8.33. The van der Waals surface area contributed by atoms with Gasteiger partial charge in [0.25, 0.3) is 5.56 Å². The molecule has 4 rings (SSSR count). The summed E-state index contributed by atoms with van der Waals surface area (Å²) in [6, 6.07) is 15.0. The second kappa shape index (κ2) is 8.43. The summed E-state index contributed by atoms with van der Waals surface area (Å²) in [5.74, 6) is 0.987. The van der Waals surface area contributed by atoms with E-state index in [4.69, 9.17) is 4.74 Å². The van der Waals surface area contributed by atoms with Crippen LogP contribution in [0.5, 0.6) is 5.75 Å². The summed E-state index contributed by atoms with van der Waals surface area (Å²) in [6.07, 6.45) is 1.66. The number of anilines is 1. The first-order chi connectivity index (χ1) is 15.0. The molecule has 2 aromatic carbocycles. The van der Waals surface area contributed by atoms with Crippen molar-refractivity contribution in [3.05, 3.63) is 76.5 Å². The van der Waals surface area contributed by atoms with Crippen LogP contribution in [-0.2, 0) is 11.3 Å². The number of carbonyl (C=O) groups is 1. The van der Waals surface area contributed by atoms with E-state index in [0.717, 1.165) is 11.3 Å². The van der Waals surface area contributed by atoms with Crippen molar-refractivity contribution in [3.8, 4) is 11.4 Å². The fraction of sp³-hybridized carbons (Fsp3) is 0.217. The first kappa shape index (κ1) is 20.3. The molecule has 0 bridgehead atoms. The average molecular weight is 417 g/mol. The number of fused-ring (bicyclic) bond motifs is 1. The highest BCUT2D eigenvalue weighted by atomic mass is 16.5. The van der Waals surface area contributed by atoms with E-state index in [1.165, 1.54) is 10.8 Å². The maximum absolute atomic E-state index is 13.0. The van der Waals surface area contributed by atoms with Crippen molar-refractivity contribution in [3.63, 3.8) is 0 Å². The zero-order chi connectivity index (χ0) is 22.0. The molecule has 8 heteroatoms. The SMILES string of the molecule is COc1cccc(NC(=O)CCn2c(C)nc3c(cnn3-c3ccc(C)cc3)c2=O)c1. The number of nitrogens with one attached hydrogen (secondary N) is 1. The van der Waals surface area contributed by atoms with Crippen LogP contribution in [0.25, 0.3) is 16.7 Å². The van der Waals surface area contributed by atoms with Crippen molar-refractivity contribution >= 4 is 22.6 Å². The molecule has 0 aliphatic rings. The number of nitrogens with zero attached hydrogens (tertiary/aromatic N) is 4. The summed E-state index contributed by atoms with van der Waals surface area (Å²) in [4.78, 5) is 30.0. The molecule has 0 spiro atoms. The molecule has 0 aliphatic heterocycles. The van der Waals surface area contributed by atoms with Crippen LogP contribution in [0.3, 0.4) is 0 Å². The van der Waals surface area contributed by atoms with Gasteiger partial charge in [-0.05, 0) is 38.1 Å². The summed E-state index contributed by atoms with van der Waals surface area (Å²) in [6.45, 7) is 3.99. The van der Waals surface area contributed by atoms with Crippen molar-refractivity contribution in [1.82, 2.24) is 19.3 Å². The molecule has 0 radical (unpaired) electrons. The maximum Gasteiger partial charge on any atom is 0.264 e. The summed E-state index contributed by atoms with van der Waals surface area (Å²) in [5.41, 5.74) is 2.90. The van der Waals surface area contributed by atoms with Crippen molar-refractivity contribution in [2.24, 2.45) is 0 Å². The van der Waals surface area contributed by atoms with E-state index in [1.54, 1.807) is 43.0 Å². The van der Waals surface area contributed by atoms with E-state index in [9.17, 15) is 9.59 Å². The molecule has 4 aromatic rings. The van der Waals surface area contributed by atoms with Gasteiger partial charge in [-0.15, -0.1) is 0 Å². The van der Waals surface area contributed by atoms with Gasteiger partial charge in [0.1, 0.15) is 17.0 Å². The van der Waals surface area contributed by atoms with Crippen LogP contribution in [0, 0.1) is 13.8 Å². The van der Waals surface area contributed by atoms with Crippen LogP contribution in [0.4, 0.5) is 5.69 Å². The highest BCUT2D eigenvalue weighted by Gasteiger charge is 2.15. The standard InChI is InChI=1S/C23H23N5O3/c1-15-7-9-18(10-8-15)28-22-20(14-24-28)23(30)27(16(2)25-22)12-11-21(29)26-17-5-4-6-19(13-17)31-3/h4-10,13-14H,11-12H2,1-3H3,(H,26,29). The zero-order valence-corrected chi connectivity index (χ0v) is 17.6. The van der Waals surface area contributed by atoms with Gasteiger partial charge >= 0.3 is 0 Å².